The predicted molar refractivity (Wildman–Crippen MR) is 81.9 cm³/mol. The van der Waals surface area contributed by atoms with Crippen LogP contribution >= 0.6 is 0 Å². The average molecular weight is 312 g/mol. The second kappa shape index (κ2) is 6.50. The third-order valence-electron chi connectivity index (χ3n) is 4.61. The van der Waals surface area contributed by atoms with E-state index in [1.165, 1.54) is 12.8 Å². The number of hydrogen-bond acceptors (Lipinski definition) is 5. The second-order valence-corrected chi connectivity index (χ2v) is 8.41. The zero-order valence-corrected chi connectivity index (χ0v) is 13.1. The fraction of sp³-hybridized carbons (Fsp3) is 0.733. The second-order valence-electron chi connectivity index (χ2n) is 6.11. The van der Waals surface area contributed by atoms with Crippen LogP contribution in [-0.4, -0.2) is 50.5 Å². The molecule has 3 rings (SSSR count). The van der Waals surface area contributed by atoms with Crippen molar-refractivity contribution >= 4 is 9.84 Å². The first-order valence-electron chi connectivity index (χ1n) is 7.85. The minimum absolute atomic E-state index is 0.265. The largest absolute Gasteiger partial charge is 0.468 e. The van der Waals surface area contributed by atoms with Gasteiger partial charge in [0.1, 0.15) is 15.6 Å². The van der Waals surface area contributed by atoms with Crippen molar-refractivity contribution in [2.45, 2.75) is 37.8 Å². The first-order valence-corrected chi connectivity index (χ1v) is 9.67. The van der Waals surface area contributed by atoms with Crippen LogP contribution in [0.15, 0.2) is 22.8 Å². The van der Waals surface area contributed by atoms with E-state index in [0.29, 0.717) is 17.5 Å². The van der Waals surface area contributed by atoms with E-state index in [1.54, 1.807) is 6.26 Å². The normalized spacial score (nSPS) is 25.1. The molecule has 0 aromatic carbocycles. The van der Waals surface area contributed by atoms with Gasteiger partial charge >= 0.3 is 0 Å². The highest BCUT2D eigenvalue weighted by atomic mass is 32.2. The van der Waals surface area contributed by atoms with Crippen LogP contribution in [0.1, 0.15) is 37.5 Å². The smallest absolute Gasteiger partial charge is 0.150 e. The molecule has 6 heteroatoms. The third-order valence-corrected chi connectivity index (χ3v) is 6.32. The summed E-state index contributed by atoms with van der Waals surface area (Å²) >= 11 is 0. The Labute approximate surface area is 126 Å². The first-order chi connectivity index (χ1) is 10.1. The Bertz CT molecular complexity index is 521. The van der Waals surface area contributed by atoms with Gasteiger partial charge in [0.25, 0.3) is 0 Å². The van der Waals surface area contributed by atoms with E-state index in [1.807, 2.05) is 12.1 Å². The Hall–Kier alpha value is -0.850. The van der Waals surface area contributed by atoms with Crippen molar-refractivity contribution < 1.29 is 12.8 Å². The van der Waals surface area contributed by atoms with Crippen LogP contribution in [-0.2, 0) is 9.84 Å². The van der Waals surface area contributed by atoms with Gasteiger partial charge in [-0.1, -0.05) is 0 Å². The fourth-order valence-electron chi connectivity index (χ4n) is 3.32. The average Bonchev–Trinajstić information content (AvgIpc) is 3.14. The van der Waals surface area contributed by atoms with Crippen molar-refractivity contribution in [3.63, 3.8) is 0 Å². The summed E-state index contributed by atoms with van der Waals surface area (Å²) in [6.07, 6.45) is 5.68. The Kier molecular flexibility index (Phi) is 4.66. The highest BCUT2D eigenvalue weighted by Gasteiger charge is 2.28. The number of nitrogens with one attached hydrogen (secondary N) is 1. The zero-order chi connectivity index (χ0) is 14.7. The van der Waals surface area contributed by atoms with E-state index in [-0.39, 0.29) is 6.04 Å². The lowest BCUT2D eigenvalue weighted by atomic mass is 10.1. The standard InChI is InChI=1S/C15H24N2O3S/c18-21(19)10-5-13(6-11-21)16-12-14(15-4-3-9-20-15)17-7-1-2-8-17/h3-4,9,13-14,16H,1-2,5-8,10-12H2. The van der Waals surface area contributed by atoms with Crippen LogP contribution in [0.2, 0.25) is 0 Å². The van der Waals surface area contributed by atoms with Gasteiger partial charge in [-0.15, -0.1) is 0 Å². The van der Waals surface area contributed by atoms with Crippen molar-refractivity contribution in [2.24, 2.45) is 0 Å². The molecule has 2 fully saturated rings. The summed E-state index contributed by atoms with van der Waals surface area (Å²) in [5, 5.41) is 3.56. The molecule has 1 aromatic rings. The van der Waals surface area contributed by atoms with Crippen molar-refractivity contribution in [1.82, 2.24) is 10.2 Å². The van der Waals surface area contributed by atoms with E-state index in [9.17, 15) is 8.42 Å². The van der Waals surface area contributed by atoms with Crippen LogP contribution in [0.3, 0.4) is 0 Å². The predicted octanol–water partition coefficient (Wildman–Crippen LogP) is 1.58. The molecule has 3 heterocycles. The highest BCUT2D eigenvalue weighted by Crippen LogP contribution is 2.25. The van der Waals surface area contributed by atoms with E-state index in [0.717, 1.165) is 38.2 Å². The monoisotopic (exact) mass is 312 g/mol. The minimum Gasteiger partial charge on any atom is -0.468 e. The lowest BCUT2D eigenvalue weighted by Gasteiger charge is -2.29. The lowest BCUT2D eigenvalue weighted by molar-refractivity contribution is 0.203. The molecule has 21 heavy (non-hydrogen) atoms. The van der Waals surface area contributed by atoms with Crippen LogP contribution in [0.5, 0.6) is 0 Å². The van der Waals surface area contributed by atoms with Gasteiger partial charge in [-0.05, 0) is 50.9 Å². The molecule has 1 unspecified atom stereocenters. The lowest BCUT2D eigenvalue weighted by Crippen LogP contribution is -2.42. The molecule has 0 spiro atoms. The molecule has 2 aliphatic heterocycles. The summed E-state index contributed by atoms with van der Waals surface area (Å²) in [7, 11) is -2.78. The van der Waals surface area contributed by atoms with Gasteiger partial charge in [0, 0.05) is 12.6 Å². The summed E-state index contributed by atoms with van der Waals surface area (Å²) < 4.78 is 28.6. The summed E-state index contributed by atoms with van der Waals surface area (Å²) in [5.41, 5.74) is 0. The van der Waals surface area contributed by atoms with Crippen LogP contribution in [0, 0.1) is 0 Å². The maximum absolute atomic E-state index is 11.5. The van der Waals surface area contributed by atoms with Gasteiger partial charge in [-0.2, -0.15) is 0 Å². The molecule has 0 saturated carbocycles. The van der Waals surface area contributed by atoms with Gasteiger partial charge in [0.2, 0.25) is 0 Å². The molecule has 1 N–H and O–H groups in total. The summed E-state index contributed by atoms with van der Waals surface area (Å²) in [6.45, 7) is 3.07. The van der Waals surface area contributed by atoms with Gasteiger partial charge < -0.3 is 9.73 Å². The van der Waals surface area contributed by atoms with E-state index >= 15 is 0 Å². The molecule has 2 aliphatic rings. The molecule has 0 radical (unpaired) electrons. The number of sulfone groups is 1. The Morgan fingerprint density at radius 2 is 2.00 bits per heavy atom. The summed E-state index contributed by atoms with van der Waals surface area (Å²) in [4.78, 5) is 2.46. The van der Waals surface area contributed by atoms with Crippen LogP contribution < -0.4 is 5.32 Å². The van der Waals surface area contributed by atoms with Gasteiger partial charge in [-0.25, -0.2) is 8.42 Å². The molecule has 1 atom stereocenters. The van der Waals surface area contributed by atoms with Crippen molar-refractivity contribution in [3.8, 4) is 0 Å². The van der Waals surface area contributed by atoms with Gasteiger partial charge in [0.05, 0.1) is 23.8 Å². The van der Waals surface area contributed by atoms with Gasteiger partial charge in [-0.3, -0.25) is 4.90 Å². The number of furan rings is 1. The maximum atomic E-state index is 11.5. The van der Waals surface area contributed by atoms with E-state index < -0.39 is 9.84 Å². The molecular weight excluding hydrogens is 288 g/mol. The molecule has 1 aromatic heterocycles. The number of likely N-dealkylation sites (tertiary alicyclic amines) is 1. The number of hydrogen-bond donors (Lipinski definition) is 1. The summed E-state index contributed by atoms with van der Waals surface area (Å²) in [5.74, 6) is 1.65. The third kappa shape index (κ3) is 3.87. The highest BCUT2D eigenvalue weighted by molar-refractivity contribution is 7.91. The molecule has 118 valence electrons. The number of rotatable bonds is 5. The van der Waals surface area contributed by atoms with Crippen molar-refractivity contribution in [3.05, 3.63) is 24.2 Å². The zero-order valence-electron chi connectivity index (χ0n) is 12.3. The van der Waals surface area contributed by atoms with E-state index in [4.69, 9.17) is 4.42 Å². The maximum Gasteiger partial charge on any atom is 0.150 e. The molecule has 0 amide bonds. The Morgan fingerprint density at radius 1 is 1.29 bits per heavy atom. The molecule has 5 nitrogen and oxygen atoms in total. The van der Waals surface area contributed by atoms with E-state index in [2.05, 4.69) is 10.2 Å². The van der Waals surface area contributed by atoms with Crippen molar-refractivity contribution in [2.75, 3.05) is 31.1 Å². The van der Waals surface area contributed by atoms with Crippen LogP contribution in [0.4, 0.5) is 0 Å². The van der Waals surface area contributed by atoms with Crippen molar-refractivity contribution in [1.29, 1.82) is 0 Å². The molecule has 2 saturated heterocycles. The molecular formula is C15H24N2O3S. The SMILES string of the molecule is O=S1(=O)CCC(NCC(c2ccco2)N2CCCC2)CC1. The molecule has 0 bridgehead atoms. The topological polar surface area (TPSA) is 62.6 Å². The number of nitrogens with zero attached hydrogens (tertiary/aromatic N) is 1. The quantitative estimate of drug-likeness (QED) is 0.894. The fourth-order valence-corrected chi connectivity index (χ4v) is 4.81. The minimum atomic E-state index is -2.78. The van der Waals surface area contributed by atoms with Gasteiger partial charge in [0.15, 0.2) is 0 Å². The first kappa shape index (κ1) is 15.1. The Balaban J connectivity index is 1.58. The molecule has 0 aliphatic carbocycles. The Morgan fingerprint density at radius 3 is 2.62 bits per heavy atom. The van der Waals surface area contributed by atoms with Crippen LogP contribution in [0.25, 0.3) is 0 Å². The summed E-state index contributed by atoms with van der Waals surface area (Å²) in [6, 6.07) is 4.55.